The Morgan fingerprint density at radius 3 is 2.96 bits per heavy atom. The van der Waals surface area contributed by atoms with Gasteiger partial charge in [-0.3, -0.25) is 9.36 Å². The molecule has 1 aliphatic carbocycles. The number of aromatic nitrogens is 3. The van der Waals surface area contributed by atoms with Crippen molar-refractivity contribution in [1.29, 1.82) is 0 Å². The Bertz CT molecular complexity index is 666. The van der Waals surface area contributed by atoms with Crippen LogP contribution in [-0.4, -0.2) is 50.6 Å². The maximum Gasteiger partial charge on any atom is 0.255 e. The summed E-state index contributed by atoms with van der Waals surface area (Å²) in [4.78, 5) is 23.2. The molecule has 4 rings (SSSR count). The van der Waals surface area contributed by atoms with Crippen LogP contribution in [0.2, 0.25) is 0 Å². The van der Waals surface area contributed by atoms with Gasteiger partial charge in [0.05, 0.1) is 24.3 Å². The predicted molar refractivity (Wildman–Crippen MR) is 84.4 cm³/mol. The van der Waals surface area contributed by atoms with Crippen LogP contribution >= 0.6 is 0 Å². The first-order chi connectivity index (χ1) is 11.3. The van der Waals surface area contributed by atoms with Crippen LogP contribution in [0, 0.1) is 0 Å². The summed E-state index contributed by atoms with van der Waals surface area (Å²) < 4.78 is 7.67. The molecule has 1 saturated carbocycles. The lowest BCUT2D eigenvalue weighted by Crippen LogP contribution is -2.54. The summed E-state index contributed by atoms with van der Waals surface area (Å²) in [6, 6.07) is 3.92. The lowest BCUT2D eigenvalue weighted by atomic mass is 9.90. The standard InChI is InChI=1S/C17H20N4O2/c22-17(21-9-10-23-15-4-2-1-3-14(15)21)13-5-6-16(19-11-13)20-8-7-18-12-20/h5-8,11-12,14-15H,1-4,9-10H2/t14-,15-/m0/s1. The monoisotopic (exact) mass is 312 g/mol. The van der Waals surface area contributed by atoms with Gasteiger partial charge in [0.1, 0.15) is 12.1 Å². The quantitative estimate of drug-likeness (QED) is 0.851. The van der Waals surface area contributed by atoms with E-state index >= 15 is 0 Å². The van der Waals surface area contributed by atoms with Crippen LogP contribution in [0.15, 0.2) is 37.1 Å². The van der Waals surface area contributed by atoms with Crippen molar-refractivity contribution in [1.82, 2.24) is 19.4 Å². The fourth-order valence-corrected chi connectivity index (χ4v) is 3.57. The number of carbonyl (C=O) groups excluding carboxylic acids is 1. The number of rotatable bonds is 2. The molecule has 6 heteroatoms. The van der Waals surface area contributed by atoms with Crippen molar-refractivity contribution < 1.29 is 9.53 Å². The van der Waals surface area contributed by atoms with Gasteiger partial charge in [-0.05, 0) is 25.0 Å². The van der Waals surface area contributed by atoms with Gasteiger partial charge in [0.2, 0.25) is 0 Å². The molecule has 1 amide bonds. The number of pyridine rings is 1. The van der Waals surface area contributed by atoms with Crippen molar-refractivity contribution in [2.75, 3.05) is 13.2 Å². The number of hydrogen-bond acceptors (Lipinski definition) is 4. The molecule has 6 nitrogen and oxygen atoms in total. The molecular formula is C17H20N4O2. The zero-order valence-corrected chi connectivity index (χ0v) is 13.0. The van der Waals surface area contributed by atoms with E-state index in [0.717, 1.165) is 18.7 Å². The minimum atomic E-state index is 0.0647. The third kappa shape index (κ3) is 2.74. The van der Waals surface area contributed by atoms with Crippen molar-refractivity contribution in [2.24, 2.45) is 0 Å². The molecule has 2 atom stereocenters. The van der Waals surface area contributed by atoms with E-state index in [2.05, 4.69) is 9.97 Å². The van der Waals surface area contributed by atoms with Crippen LogP contribution in [0.1, 0.15) is 36.0 Å². The molecule has 0 radical (unpaired) electrons. The molecule has 23 heavy (non-hydrogen) atoms. The number of carbonyl (C=O) groups is 1. The first-order valence-corrected chi connectivity index (χ1v) is 8.20. The Kier molecular flexibility index (Phi) is 3.83. The topological polar surface area (TPSA) is 60.2 Å². The number of amides is 1. The van der Waals surface area contributed by atoms with E-state index in [1.807, 2.05) is 27.8 Å². The van der Waals surface area contributed by atoms with Gasteiger partial charge < -0.3 is 9.64 Å². The molecule has 1 saturated heterocycles. The molecule has 120 valence electrons. The van der Waals surface area contributed by atoms with Crippen molar-refractivity contribution in [3.8, 4) is 5.82 Å². The van der Waals surface area contributed by atoms with Crippen LogP contribution in [-0.2, 0) is 4.74 Å². The summed E-state index contributed by atoms with van der Waals surface area (Å²) in [5.74, 6) is 0.825. The number of hydrogen-bond donors (Lipinski definition) is 0. The summed E-state index contributed by atoms with van der Waals surface area (Å²) in [5.41, 5.74) is 0.639. The average molecular weight is 312 g/mol. The highest BCUT2D eigenvalue weighted by atomic mass is 16.5. The van der Waals surface area contributed by atoms with E-state index in [1.165, 1.54) is 12.8 Å². The second-order valence-electron chi connectivity index (χ2n) is 6.13. The maximum absolute atomic E-state index is 12.9. The molecule has 0 unspecified atom stereocenters. The van der Waals surface area contributed by atoms with Gasteiger partial charge in [-0.1, -0.05) is 12.8 Å². The maximum atomic E-state index is 12.9. The molecule has 0 N–H and O–H groups in total. The smallest absolute Gasteiger partial charge is 0.255 e. The van der Waals surface area contributed by atoms with Crippen molar-refractivity contribution in [3.63, 3.8) is 0 Å². The molecule has 2 aromatic heterocycles. The largest absolute Gasteiger partial charge is 0.374 e. The lowest BCUT2D eigenvalue weighted by Gasteiger charge is -2.43. The molecule has 3 heterocycles. The van der Waals surface area contributed by atoms with Crippen molar-refractivity contribution in [3.05, 3.63) is 42.6 Å². The fraction of sp³-hybridized carbons (Fsp3) is 0.471. The normalized spacial score (nSPS) is 24.3. The van der Waals surface area contributed by atoms with Gasteiger partial charge in [0.15, 0.2) is 0 Å². The zero-order chi connectivity index (χ0) is 15.6. The molecule has 2 aromatic rings. The van der Waals surface area contributed by atoms with E-state index < -0.39 is 0 Å². The Morgan fingerprint density at radius 2 is 2.17 bits per heavy atom. The van der Waals surface area contributed by atoms with Gasteiger partial charge in [0, 0.05) is 25.1 Å². The minimum absolute atomic E-state index is 0.0647. The summed E-state index contributed by atoms with van der Waals surface area (Å²) in [5, 5.41) is 0. The Balaban J connectivity index is 1.54. The summed E-state index contributed by atoms with van der Waals surface area (Å²) in [7, 11) is 0. The Hall–Kier alpha value is -2.21. The van der Waals surface area contributed by atoms with Crippen LogP contribution in [0.25, 0.3) is 5.82 Å². The second-order valence-corrected chi connectivity index (χ2v) is 6.13. The lowest BCUT2D eigenvalue weighted by molar-refractivity contribution is -0.0752. The number of ether oxygens (including phenoxy) is 1. The predicted octanol–water partition coefficient (Wildman–Crippen LogP) is 2.05. The van der Waals surface area contributed by atoms with Gasteiger partial charge in [0.25, 0.3) is 5.91 Å². The van der Waals surface area contributed by atoms with Gasteiger partial charge in [-0.25, -0.2) is 9.97 Å². The fourth-order valence-electron chi connectivity index (χ4n) is 3.57. The summed E-state index contributed by atoms with van der Waals surface area (Å²) >= 11 is 0. The molecule has 0 spiro atoms. The molecule has 2 fully saturated rings. The van der Waals surface area contributed by atoms with Gasteiger partial charge >= 0.3 is 0 Å². The van der Waals surface area contributed by atoms with E-state index in [1.54, 1.807) is 18.7 Å². The minimum Gasteiger partial charge on any atom is -0.374 e. The van der Waals surface area contributed by atoms with Gasteiger partial charge in [-0.2, -0.15) is 0 Å². The van der Waals surface area contributed by atoms with Crippen molar-refractivity contribution >= 4 is 5.91 Å². The van der Waals surface area contributed by atoms with Crippen LogP contribution in [0.5, 0.6) is 0 Å². The summed E-state index contributed by atoms with van der Waals surface area (Å²) in [6.45, 7) is 1.30. The first kappa shape index (κ1) is 14.4. The number of imidazole rings is 1. The van der Waals surface area contributed by atoms with Gasteiger partial charge in [-0.15, -0.1) is 0 Å². The number of nitrogens with zero attached hydrogens (tertiary/aromatic N) is 4. The highest BCUT2D eigenvalue weighted by Crippen LogP contribution is 2.29. The van der Waals surface area contributed by atoms with Crippen molar-refractivity contribution in [2.45, 2.75) is 37.8 Å². The molecule has 1 aliphatic heterocycles. The third-order valence-corrected chi connectivity index (χ3v) is 4.76. The van der Waals surface area contributed by atoms with E-state index in [9.17, 15) is 4.79 Å². The molecule has 0 bridgehead atoms. The SMILES string of the molecule is O=C(c1ccc(-n2ccnc2)nc1)N1CCO[C@H]2CCCC[C@@H]21. The van der Waals surface area contributed by atoms with Crippen LogP contribution in [0.3, 0.4) is 0 Å². The Labute approximate surface area is 135 Å². The molecular weight excluding hydrogens is 292 g/mol. The number of fused-ring (bicyclic) bond motifs is 1. The highest BCUT2D eigenvalue weighted by Gasteiger charge is 2.36. The molecule has 2 aliphatic rings. The number of morpholine rings is 1. The Morgan fingerprint density at radius 1 is 1.26 bits per heavy atom. The van der Waals surface area contributed by atoms with E-state index in [4.69, 9.17) is 4.74 Å². The third-order valence-electron chi connectivity index (χ3n) is 4.76. The van der Waals surface area contributed by atoms with Crippen LogP contribution in [0.4, 0.5) is 0 Å². The first-order valence-electron chi connectivity index (χ1n) is 8.20. The van der Waals surface area contributed by atoms with E-state index in [0.29, 0.717) is 18.7 Å². The highest BCUT2D eigenvalue weighted by molar-refractivity contribution is 5.94. The second kappa shape index (κ2) is 6.12. The zero-order valence-electron chi connectivity index (χ0n) is 13.0. The van der Waals surface area contributed by atoms with Crippen LogP contribution < -0.4 is 0 Å². The summed E-state index contributed by atoms with van der Waals surface area (Å²) in [6.07, 6.45) is 11.6. The van der Waals surface area contributed by atoms with E-state index in [-0.39, 0.29) is 18.1 Å². The average Bonchev–Trinajstić information content (AvgIpc) is 3.15. The molecule has 0 aromatic carbocycles.